The molecule has 31 heavy (non-hydrogen) atoms. The number of nitrogens with zero attached hydrogens (tertiary/aromatic N) is 2. The fraction of sp³-hybridized carbons (Fsp3) is 0.240. The van der Waals surface area contributed by atoms with Crippen molar-refractivity contribution >= 4 is 13.6 Å². The summed E-state index contributed by atoms with van der Waals surface area (Å²) in [5.41, 5.74) is 2.44. The second kappa shape index (κ2) is 8.99. The van der Waals surface area contributed by atoms with Crippen LogP contribution in [0.5, 0.6) is 11.5 Å². The number of hydrogen-bond donors (Lipinski definition) is 0. The van der Waals surface area contributed by atoms with E-state index in [0.29, 0.717) is 23.8 Å². The second-order valence-electron chi connectivity index (χ2n) is 7.85. The van der Waals surface area contributed by atoms with Gasteiger partial charge in [-0.25, -0.2) is 4.57 Å². The van der Waals surface area contributed by atoms with E-state index in [1.54, 1.807) is 24.3 Å². The summed E-state index contributed by atoms with van der Waals surface area (Å²) in [4.78, 5) is 2.19. The molecule has 3 aromatic carbocycles. The van der Waals surface area contributed by atoms with Crippen LogP contribution in [0.25, 0.3) is 0 Å². The molecule has 1 aliphatic rings. The minimum absolute atomic E-state index is 0.102. The molecule has 0 fully saturated rings. The molecule has 0 saturated carbocycles. The summed E-state index contributed by atoms with van der Waals surface area (Å²) in [6, 6.07) is 26.7. The van der Waals surface area contributed by atoms with E-state index in [-0.39, 0.29) is 12.1 Å². The molecule has 1 aliphatic heterocycles. The van der Waals surface area contributed by atoms with Crippen LogP contribution in [0.4, 0.5) is 0 Å². The SMILES string of the molecule is CC(C)N1C(=NP(=O)(Oc2ccccc2)Oc2ccccc2)Cc2ccccc2C1C. The largest absolute Gasteiger partial charge is 0.564 e. The molecule has 0 aromatic heterocycles. The molecule has 6 heteroatoms. The van der Waals surface area contributed by atoms with E-state index in [4.69, 9.17) is 9.05 Å². The van der Waals surface area contributed by atoms with Crippen LogP contribution in [-0.4, -0.2) is 16.8 Å². The standard InChI is InChI=1S/C25H27N2O3P/c1-19(2)27-20(3)24-17-11-10-12-21(24)18-25(27)26-31(28,29-22-13-6-4-7-14-22)30-23-15-8-5-9-16-23/h4-17,19-20H,18H2,1-3H3. The number of hydrogen-bond acceptors (Lipinski definition) is 3. The number of fused-ring (bicyclic) bond motifs is 1. The van der Waals surface area contributed by atoms with Gasteiger partial charge in [-0.05, 0) is 56.2 Å². The van der Waals surface area contributed by atoms with Crippen LogP contribution in [0.2, 0.25) is 0 Å². The van der Waals surface area contributed by atoms with Crippen LogP contribution >= 0.6 is 7.75 Å². The molecule has 3 aromatic rings. The van der Waals surface area contributed by atoms with Crippen LogP contribution in [0.3, 0.4) is 0 Å². The zero-order chi connectivity index (χ0) is 21.8. The van der Waals surface area contributed by atoms with Crippen molar-refractivity contribution in [1.82, 2.24) is 4.90 Å². The fourth-order valence-electron chi connectivity index (χ4n) is 4.00. The van der Waals surface area contributed by atoms with Gasteiger partial charge in [-0.2, -0.15) is 0 Å². The Morgan fingerprint density at radius 2 is 1.39 bits per heavy atom. The molecule has 4 rings (SSSR count). The molecule has 1 atom stereocenters. The van der Waals surface area contributed by atoms with Crippen molar-refractivity contribution in [3.63, 3.8) is 0 Å². The van der Waals surface area contributed by atoms with E-state index in [1.165, 1.54) is 11.1 Å². The lowest BCUT2D eigenvalue weighted by Gasteiger charge is -2.40. The number of rotatable bonds is 6. The van der Waals surface area contributed by atoms with Gasteiger partial charge in [0.2, 0.25) is 0 Å². The Morgan fingerprint density at radius 3 is 1.94 bits per heavy atom. The summed E-state index contributed by atoms with van der Waals surface area (Å²) in [6.45, 7) is 6.37. The first-order chi connectivity index (χ1) is 15.0. The average molecular weight is 434 g/mol. The topological polar surface area (TPSA) is 51.1 Å². The van der Waals surface area contributed by atoms with Gasteiger partial charge in [-0.1, -0.05) is 60.7 Å². The molecule has 160 valence electrons. The van der Waals surface area contributed by atoms with Crippen LogP contribution < -0.4 is 9.05 Å². The Bertz CT molecular complexity index is 1050. The summed E-state index contributed by atoms with van der Waals surface area (Å²) in [5.74, 6) is 1.61. The lowest BCUT2D eigenvalue weighted by atomic mass is 9.92. The van der Waals surface area contributed by atoms with Gasteiger partial charge in [-0.15, -0.1) is 4.76 Å². The molecule has 0 N–H and O–H groups in total. The molecule has 5 nitrogen and oxygen atoms in total. The molecule has 0 bridgehead atoms. The molecular weight excluding hydrogens is 407 g/mol. The van der Waals surface area contributed by atoms with Crippen molar-refractivity contribution in [2.75, 3.05) is 0 Å². The second-order valence-corrected chi connectivity index (χ2v) is 9.35. The molecule has 0 spiro atoms. The first-order valence-electron chi connectivity index (χ1n) is 10.5. The van der Waals surface area contributed by atoms with Gasteiger partial charge < -0.3 is 13.9 Å². The smallest absolute Gasteiger partial charge is 0.399 e. The summed E-state index contributed by atoms with van der Waals surface area (Å²) in [6.07, 6.45) is 0.568. The fourth-order valence-corrected chi connectivity index (χ4v) is 5.35. The van der Waals surface area contributed by atoms with Crippen LogP contribution in [0, 0.1) is 0 Å². The lowest BCUT2D eigenvalue weighted by molar-refractivity contribution is 0.266. The van der Waals surface area contributed by atoms with E-state index in [1.807, 2.05) is 42.5 Å². The van der Waals surface area contributed by atoms with E-state index >= 15 is 0 Å². The third kappa shape index (κ3) is 4.83. The molecule has 0 aliphatic carbocycles. The summed E-state index contributed by atoms with van der Waals surface area (Å²) >= 11 is 0. The quantitative estimate of drug-likeness (QED) is 0.406. The monoisotopic (exact) mass is 434 g/mol. The van der Waals surface area contributed by atoms with E-state index in [2.05, 4.69) is 48.6 Å². The Morgan fingerprint density at radius 1 is 0.871 bits per heavy atom. The van der Waals surface area contributed by atoms with Crippen LogP contribution in [-0.2, 0) is 11.0 Å². The predicted molar refractivity (Wildman–Crippen MR) is 125 cm³/mol. The van der Waals surface area contributed by atoms with Crippen molar-refractivity contribution in [1.29, 1.82) is 0 Å². The highest BCUT2D eigenvalue weighted by Gasteiger charge is 2.35. The normalized spacial score (nSPS) is 17.5. The van der Waals surface area contributed by atoms with Gasteiger partial charge in [0, 0.05) is 12.5 Å². The third-order valence-electron chi connectivity index (χ3n) is 5.29. The molecule has 1 heterocycles. The molecular formula is C25H27N2O3P. The Balaban J connectivity index is 1.77. The molecule has 0 saturated heterocycles. The van der Waals surface area contributed by atoms with Gasteiger partial charge in [0.05, 0.1) is 6.04 Å². The van der Waals surface area contributed by atoms with Crippen LogP contribution in [0.1, 0.15) is 37.9 Å². The van der Waals surface area contributed by atoms with Crippen LogP contribution in [0.15, 0.2) is 89.7 Å². The average Bonchev–Trinajstić information content (AvgIpc) is 2.75. The number of benzene rings is 3. The van der Waals surface area contributed by atoms with E-state index in [9.17, 15) is 4.57 Å². The highest BCUT2D eigenvalue weighted by molar-refractivity contribution is 7.53. The van der Waals surface area contributed by atoms with Crippen molar-refractivity contribution < 1.29 is 13.6 Å². The van der Waals surface area contributed by atoms with Crippen molar-refractivity contribution in [3.05, 3.63) is 96.1 Å². The Kier molecular flexibility index (Phi) is 6.15. The zero-order valence-electron chi connectivity index (χ0n) is 18.0. The molecule has 0 radical (unpaired) electrons. The zero-order valence-corrected chi connectivity index (χ0v) is 18.9. The Hall–Kier alpha value is -3.04. The predicted octanol–water partition coefficient (Wildman–Crippen LogP) is 6.68. The Labute approximate surface area is 183 Å². The maximum atomic E-state index is 13.9. The van der Waals surface area contributed by atoms with Crippen molar-refractivity contribution in [3.8, 4) is 11.5 Å². The summed E-state index contributed by atoms with van der Waals surface area (Å²) in [7, 11) is -3.90. The van der Waals surface area contributed by atoms with Crippen molar-refractivity contribution in [2.24, 2.45) is 4.76 Å². The summed E-state index contributed by atoms with van der Waals surface area (Å²) < 4.78 is 30.4. The van der Waals surface area contributed by atoms with Gasteiger partial charge >= 0.3 is 7.75 Å². The highest BCUT2D eigenvalue weighted by Crippen LogP contribution is 2.51. The minimum atomic E-state index is -3.90. The maximum absolute atomic E-state index is 13.9. The van der Waals surface area contributed by atoms with Gasteiger partial charge in [0.15, 0.2) is 0 Å². The maximum Gasteiger partial charge on any atom is 0.564 e. The first kappa shape index (κ1) is 21.2. The minimum Gasteiger partial charge on any atom is -0.399 e. The highest BCUT2D eigenvalue weighted by atomic mass is 31.2. The van der Waals surface area contributed by atoms with Gasteiger partial charge in [-0.3, -0.25) is 0 Å². The third-order valence-corrected chi connectivity index (χ3v) is 6.65. The molecule has 1 unspecified atom stereocenters. The molecule has 0 amide bonds. The number of para-hydroxylation sites is 2. The first-order valence-corrected chi connectivity index (χ1v) is 12.0. The lowest BCUT2D eigenvalue weighted by Crippen LogP contribution is -2.43. The van der Waals surface area contributed by atoms with E-state index < -0.39 is 7.75 Å². The van der Waals surface area contributed by atoms with E-state index in [0.717, 1.165) is 0 Å². The number of amidine groups is 1. The van der Waals surface area contributed by atoms with Gasteiger partial charge in [0.25, 0.3) is 0 Å². The summed E-state index contributed by atoms with van der Waals surface area (Å²) in [5, 5.41) is 0. The van der Waals surface area contributed by atoms with Crippen molar-refractivity contribution in [2.45, 2.75) is 39.3 Å². The van der Waals surface area contributed by atoms with Gasteiger partial charge in [0.1, 0.15) is 17.3 Å².